The highest BCUT2D eigenvalue weighted by Gasteiger charge is 2.17. The van der Waals surface area contributed by atoms with E-state index in [4.69, 9.17) is 9.61 Å². The van der Waals surface area contributed by atoms with Crippen molar-refractivity contribution in [3.8, 4) is 34.0 Å². The minimum Gasteiger partial charge on any atom is -0.336 e. The van der Waals surface area contributed by atoms with E-state index in [9.17, 15) is 0 Å². The van der Waals surface area contributed by atoms with Crippen LogP contribution in [-0.2, 0) is 0 Å². The number of nitrogens with one attached hydrogen (secondary N) is 1. The Morgan fingerprint density at radius 2 is 1.63 bits per heavy atom. The average molecular weight is 353 g/mol. The Hall–Kier alpha value is -3.80. The Kier molecular flexibility index (Phi) is 3.53. The van der Waals surface area contributed by atoms with Gasteiger partial charge in [-0.05, 0) is 41.5 Å². The number of aromatic amines is 1. The molecule has 27 heavy (non-hydrogen) atoms. The number of pyridine rings is 1. The van der Waals surface area contributed by atoms with E-state index >= 15 is 0 Å². The van der Waals surface area contributed by atoms with Crippen LogP contribution in [0.2, 0.25) is 0 Å². The van der Waals surface area contributed by atoms with Crippen LogP contribution < -0.4 is 0 Å². The third-order valence-corrected chi connectivity index (χ3v) is 4.42. The number of imidazole rings is 1. The van der Waals surface area contributed by atoms with E-state index in [1.54, 1.807) is 0 Å². The predicted molar refractivity (Wildman–Crippen MR) is 103 cm³/mol. The van der Waals surface area contributed by atoms with Crippen molar-refractivity contribution in [3.63, 3.8) is 0 Å². The van der Waals surface area contributed by atoms with Gasteiger partial charge >= 0.3 is 0 Å². The second-order valence-electron chi connectivity index (χ2n) is 6.31. The highest BCUT2D eigenvalue weighted by atomic mass is 16.6. The van der Waals surface area contributed by atoms with Crippen molar-refractivity contribution in [2.24, 2.45) is 0 Å². The SMILES string of the molecule is Cc1cccc(-c2[nH]c(-c3ccccc3)nc2-c2ccc3nonc3c2)n1. The van der Waals surface area contributed by atoms with Gasteiger partial charge in [-0.25, -0.2) is 9.61 Å². The molecule has 2 aromatic carbocycles. The molecule has 0 spiro atoms. The van der Waals surface area contributed by atoms with Crippen LogP contribution in [0.3, 0.4) is 0 Å². The summed E-state index contributed by atoms with van der Waals surface area (Å²) >= 11 is 0. The van der Waals surface area contributed by atoms with E-state index in [0.29, 0.717) is 11.0 Å². The van der Waals surface area contributed by atoms with Crippen LogP contribution in [0.1, 0.15) is 5.69 Å². The Bertz CT molecular complexity index is 1240. The van der Waals surface area contributed by atoms with Crippen molar-refractivity contribution in [2.75, 3.05) is 0 Å². The van der Waals surface area contributed by atoms with Crippen molar-refractivity contribution in [2.45, 2.75) is 6.92 Å². The Morgan fingerprint density at radius 1 is 0.778 bits per heavy atom. The van der Waals surface area contributed by atoms with Gasteiger partial charge in [0.05, 0.1) is 17.1 Å². The van der Waals surface area contributed by atoms with Crippen LogP contribution in [-0.4, -0.2) is 25.3 Å². The first-order valence-electron chi connectivity index (χ1n) is 8.60. The fourth-order valence-corrected chi connectivity index (χ4v) is 3.11. The molecule has 0 saturated carbocycles. The van der Waals surface area contributed by atoms with Crippen LogP contribution in [0.25, 0.3) is 45.1 Å². The maximum absolute atomic E-state index is 4.87. The van der Waals surface area contributed by atoms with Crippen LogP contribution in [0, 0.1) is 6.92 Å². The summed E-state index contributed by atoms with van der Waals surface area (Å²) in [6.07, 6.45) is 0. The van der Waals surface area contributed by atoms with Gasteiger partial charge in [0.1, 0.15) is 16.9 Å². The van der Waals surface area contributed by atoms with E-state index in [1.807, 2.05) is 73.7 Å². The molecule has 130 valence electrons. The van der Waals surface area contributed by atoms with Crippen molar-refractivity contribution in [1.82, 2.24) is 25.3 Å². The highest BCUT2D eigenvalue weighted by molar-refractivity contribution is 5.85. The lowest BCUT2D eigenvalue weighted by Crippen LogP contribution is -1.89. The second-order valence-corrected chi connectivity index (χ2v) is 6.31. The number of hydrogen-bond donors (Lipinski definition) is 1. The van der Waals surface area contributed by atoms with Gasteiger partial charge in [0, 0.05) is 16.8 Å². The third-order valence-electron chi connectivity index (χ3n) is 4.42. The fourth-order valence-electron chi connectivity index (χ4n) is 3.11. The molecule has 0 saturated heterocycles. The van der Waals surface area contributed by atoms with Gasteiger partial charge in [0.2, 0.25) is 0 Å². The molecular weight excluding hydrogens is 338 g/mol. The van der Waals surface area contributed by atoms with Crippen LogP contribution in [0.15, 0.2) is 71.4 Å². The Balaban J connectivity index is 1.73. The number of aromatic nitrogens is 5. The lowest BCUT2D eigenvalue weighted by molar-refractivity contribution is 0.315. The summed E-state index contributed by atoms with van der Waals surface area (Å²) in [4.78, 5) is 13.0. The molecule has 0 aliphatic rings. The van der Waals surface area contributed by atoms with Gasteiger partial charge in [-0.1, -0.05) is 42.5 Å². The highest BCUT2D eigenvalue weighted by Crippen LogP contribution is 2.33. The minimum absolute atomic E-state index is 0.694. The quantitative estimate of drug-likeness (QED) is 0.510. The Morgan fingerprint density at radius 3 is 2.48 bits per heavy atom. The van der Waals surface area contributed by atoms with Gasteiger partial charge < -0.3 is 4.98 Å². The van der Waals surface area contributed by atoms with Gasteiger partial charge in [0.25, 0.3) is 0 Å². The molecule has 5 rings (SSSR count). The summed E-state index contributed by atoms with van der Waals surface area (Å²) in [5, 5.41) is 7.82. The monoisotopic (exact) mass is 353 g/mol. The number of benzene rings is 2. The fraction of sp³-hybridized carbons (Fsp3) is 0.0476. The van der Waals surface area contributed by atoms with E-state index in [0.717, 1.165) is 39.7 Å². The summed E-state index contributed by atoms with van der Waals surface area (Å²) in [5.74, 6) is 0.794. The molecule has 0 bridgehead atoms. The maximum Gasteiger partial charge on any atom is 0.138 e. The van der Waals surface area contributed by atoms with Crippen molar-refractivity contribution in [1.29, 1.82) is 0 Å². The first-order valence-corrected chi connectivity index (χ1v) is 8.60. The molecule has 0 aliphatic heterocycles. The second kappa shape index (κ2) is 6.17. The summed E-state index contributed by atoms with van der Waals surface area (Å²) in [6.45, 7) is 1.98. The lowest BCUT2D eigenvalue weighted by Gasteiger charge is -2.03. The Labute approximate surface area is 154 Å². The number of aryl methyl sites for hydroxylation is 1. The minimum atomic E-state index is 0.694. The van der Waals surface area contributed by atoms with Crippen LogP contribution in [0.4, 0.5) is 0 Å². The number of nitrogens with zero attached hydrogens (tertiary/aromatic N) is 4. The van der Waals surface area contributed by atoms with E-state index in [1.165, 1.54) is 0 Å². The first kappa shape index (κ1) is 15.5. The molecule has 0 radical (unpaired) electrons. The summed E-state index contributed by atoms with van der Waals surface area (Å²) in [7, 11) is 0. The van der Waals surface area contributed by atoms with Crippen molar-refractivity contribution >= 4 is 11.0 Å². The number of hydrogen-bond acceptors (Lipinski definition) is 5. The van der Waals surface area contributed by atoms with Crippen LogP contribution >= 0.6 is 0 Å². The normalized spacial score (nSPS) is 11.1. The molecule has 1 N–H and O–H groups in total. The lowest BCUT2D eigenvalue weighted by atomic mass is 10.1. The summed E-state index contributed by atoms with van der Waals surface area (Å²) in [6, 6.07) is 21.8. The molecule has 3 heterocycles. The molecule has 0 aliphatic carbocycles. The zero-order valence-corrected chi connectivity index (χ0v) is 14.5. The van der Waals surface area contributed by atoms with Gasteiger partial charge in [-0.15, -0.1) is 0 Å². The van der Waals surface area contributed by atoms with Gasteiger partial charge in [-0.2, -0.15) is 0 Å². The van der Waals surface area contributed by atoms with Crippen molar-refractivity contribution < 1.29 is 4.63 Å². The third kappa shape index (κ3) is 2.77. The molecule has 0 atom stereocenters. The van der Waals surface area contributed by atoms with E-state index < -0.39 is 0 Å². The van der Waals surface area contributed by atoms with Crippen LogP contribution in [0.5, 0.6) is 0 Å². The van der Waals surface area contributed by atoms with Gasteiger partial charge in [0.15, 0.2) is 0 Å². The zero-order valence-electron chi connectivity index (χ0n) is 14.5. The standard InChI is InChI=1S/C21H15N5O/c1-13-6-5-9-17(22-13)20-19(15-10-11-16-18(12-15)26-27-25-16)23-21(24-20)14-7-3-2-4-8-14/h2-12H,1H3,(H,23,24). The zero-order chi connectivity index (χ0) is 18.2. The molecule has 0 unspecified atom stereocenters. The first-order chi connectivity index (χ1) is 13.3. The number of H-pyrrole nitrogens is 1. The molecule has 6 nitrogen and oxygen atoms in total. The largest absolute Gasteiger partial charge is 0.336 e. The maximum atomic E-state index is 4.87. The molecular formula is C21H15N5O. The molecule has 6 heteroatoms. The number of fused-ring (bicyclic) bond motifs is 1. The summed E-state index contributed by atoms with van der Waals surface area (Å²) < 4.78 is 4.82. The smallest absolute Gasteiger partial charge is 0.138 e. The summed E-state index contributed by atoms with van der Waals surface area (Å²) in [5.41, 5.74) is 6.83. The predicted octanol–water partition coefficient (Wildman–Crippen LogP) is 4.65. The van der Waals surface area contributed by atoms with Crippen molar-refractivity contribution in [3.05, 3.63) is 72.4 Å². The van der Waals surface area contributed by atoms with Gasteiger partial charge in [-0.3, -0.25) is 4.98 Å². The topological polar surface area (TPSA) is 80.5 Å². The van der Waals surface area contributed by atoms with E-state index in [2.05, 4.69) is 20.3 Å². The number of rotatable bonds is 3. The molecule has 0 fully saturated rings. The average Bonchev–Trinajstić information content (AvgIpc) is 3.35. The molecule has 5 aromatic rings. The molecule has 0 amide bonds. The molecule has 3 aromatic heterocycles. The van der Waals surface area contributed by atoms with E-state index in [-0.39, 0.29) is 0 Å².